The number of carbonyl (C=O) groups excluding carboxylic acids is 1. The summed E-state index contributed by atoms with van der Waals surface area (Å²) in [6, 6.07) is 7.67. The molecule has 0 saturated heterocycles. The average molecular weight is 324 g/mol. The number of hydrogen-bond donors (Lipinski definition) is 1. The number of amides is 1. The summed E-state index contributed by atoms with van der Waals surface area (Å²) in [5.74, 6) is 0.542. The molecule has 0 fully saturated rings. The summed E-state index contributed by atoms with van der Waals surface area (Å²) < 4.78 is 0. The maximum Gasteiger partial charge on any atom is 0.225 e. The summed E-state index contributed by atoms with van der Waals surface area (Å²) in [5, 5.41) is 12.8. The van der Waals surface area contributed by atoms with Gasteiger partial charge in [-0.15, -0.1) is 11.8 Å². The molecule has 1 aliphatic carbocycles. The van der Waals surface area contributed by atoms with Gasteiger partial charge in [-0.25, -0.2) is 4.98 Å². The highest BCUT2D eigenvalue weighted by Gasteiger charge is 2.16. The zero-order valence-corrected chi connectivity index (χ0v) is 13.4. The Morgan fingerprint density at radius 3 is 2.96 bits per heavy atom. The summed E-state index contributed by atoms with van der Waals surface area (Å²) in [4.78, 5) is 20.4. The van der Waals surface area contributed by atoms with E-state index < -0.39 is 0 Å². The Kier molecular flexibility index (Phi) is 4.89. The number of nitrogens with zero attached hydrogens (tertiary/aromatic N) is 3. The third-order valence-electron chi connectivity index (χ3n) is 3.67. The molecule has 0 unspecified atom stereocenters. The van der Waals surface area contributed by atoms with Gasteiger partial charge in [-0.3, -0.25) is 9.78 Å². The van der Waals surface area contributed by atoms with Gasteiger partial charge in [0, 0.05) is 35.9 Å². The maximum atomic E-state index is 11.9. The number of nitrogens with one attached hydrogen (secondary N) is 1. The van der Waals surface area contributed by atoms with E-state index in [1.165, 1.54) is 17.3 Å². The summed E-state index contributed by atoms with van der Waals surface area (Å²) >= 11 is 1.47. The van der Waals surface area contributed by atoms with Crippen LogP contribution in [0.4, 0.5) is 5.69 Å². The van der Waals surface area contributed by atoms with Crippen LogP contribution in [0.3, 0.4) is 0 Å². The van der Waals surface area contributed by atoms with Gasteiger partial charge >= 0.3 is 0 Å². The Morgan fingerprint density at radius 1 is 1.35 bits per heavy atom. The van der Waals surface area contributed by atoms with Crippen molar-refractivity contribution in [3.63, 3.8) is 0 Å². The number of rotatable bonds is 5. The van der Waals surface area contributed by atoms with Crippen LogP contribution in [0, 0.1) is 11.3 Å². The molecule has 2 heterocycles. The SMILES string of the molecule is N#Cc1cc2c(nc1SCCC(=O)Nc1ccncc1)CCC2. The first-order chi connectivity index (χ1) is 11.3. The lowest BCUT2D eigenvalue weighted by atomic mass is 10.2. The summed E-state index contributed by atoms with van der Waals surface area (Å²) in [6.07, 6.45) is 6.75. The van der Waals surface area contributed by atoms with Gasteiger partial charge in [0.15, 0.2) is 0 Å². The number of aromatic nitrogens is 2. The number of pyridine rings is 2. The molecule has 0 aliphatic heterocycles. The second-order valence-corrected chi connectivity index (χ2v) is 6.38. The zero-order chi connectivity index (χ0) is 16.1. The molecule has 116 valence electrons. The second kappa shape index (κ2) is 7.25. The predicted octanol–water partition coefficient (Wildman–Crippen LogP) is 2.96. The number of hydrogen-bond acceptors (Lipinski definition) is 5. The fraction of sp³-hybridized carbons (Fsp3) is 0.294. The first-order valence-electron chi connectivity index (χ1n) is 7.52. The van der Waals surface area contributed by atoms with Crippen molar-refractivity contribution in [2.75, 3.05) is 11.1 Å². The topological polar surface area (TPSA) is 78.7 Å². The molecule has 0 saturated carbocycles. The third-order valence-corrected chi connectivity index (χ3v) is 4.66. The van der Waals surface area contributed by atoms with Crippen LogP contribution < -0.4 is 5.32 Å². The van der Waals surface area contributed by atoms with Crippen molar-refractivity contribution in [3.05, 3.63) is 47.4 Å². The predicted molar refractivity (Wildman–Crippen MR) is 89.2 cm³/mol. The van der Waals surface area contributed by atoms with Gasteiger partial charge in [-0.1, -0.05) is 0 Å². The lowest BCUT2D eigenvalue weighted by Crippen LogP contribution is -2.12. The molecular formula is C17H16N4OS. The second-order valence-electron chi connectivity index (χ2n) is 5.29. The van der Waals surface area contributed by atoms with Crippen molar-refractivity contribution in [1.82, 2.24) is 9.97 Å². The van der Waals surface area contributed by atoms with Gasteiger partial charge < -0.3 is 5.32 Å². The third kappa shape index (κ3) is 3.88. The van der Waals surface area contributed by atoms with Gasteiger partial charge in [0.1, 0.15) is 11.1 Å². The number of aryl methyl sites for hydroxylation is 2. The first kappa shape index (κ1) is 15.5. The van der Waals surface area contributed by atoms with Crippen molar-refractivity contribution in [3.8, 4) is 6.07 Å². The van der Waals surface area contributed by atoms with E-state index in [9.17, 15) is 10.1 Å². The Balaban J connectivity index is 1.57. The summed E-state index contributed by atoms with van der Waals surface area (Å²) in [7, 11) is 0. The van der Waals surface area contributed by atoms with E-state index in [4.69, 9.17) is 0 Å². The average Bonchev–Trinajstić information content (AvgIpc) is 3.02. The normalized spacial score (nSPS) is 12.5. The molecule has 0 atom stereocenters. The van der Waals surface area contributed by atoms with Crippen molar-refractivity contribution >= 4 is 23.4 Å². The smallest absolute Gasteiger partial charge is 0.225 e. The van der Waals surface area contributed by atoms with Gasteiger partial charge in [-0.05, 0) is 43.0 Å². The van der Waals surface area contributed by atoms with E-state index in [1.54, 1.807) is 24.5 Å². The molecular weight excluding hydrogens is 308 g/mol. The van der Waals surface area contributed by atoms with E-state index in [-0.39, 0.29) is 5.91 Å². The van der Waals surface area contributed by atoms with Crippen molar-refractivity contribution in [2.24, 2.45) is 0 Å². The van der Waals surface area contributed by atoms with Crippen LogP contribution in [0.5, 0.6) is 0 Å². The highest BCUT2D eigenvalue weighted by Crippen LogP contribution is 2.28. The molecule has 0 aromatic carbocycles. The maximum absolute atomic E-state index is 11.9. The van der Waals surface area contributed by atoms with E-state index in [1.807, 2.05) is 6.07 Å². The lowest BCUT2D eigenvalue weighted by molar-refractivity contribution is -0.115. The molecule has 3 rings (SSSR count). The quantitative estimate of drug-likeness (QED) is 0.855. The van der Waals surface area contributed by atoms with E-state index in [2.05, 4.69) is 21.4 Å². The van der Waals surface area contributed by atoms with Gasteiger partial charge in [0.2, 0.25) is 5.91 Å². The Bertz CT molecular complexity index is 755. The van der Waals surface area contributed by atoms with Crippen LogP contribution >= 0.6 is 11.8 Å². The number of anilines is 1. The van der Waals surface area contributed by atoms with Crippen molar-refractivity contribution in [1.29, 1.82) is 5.26 Å². The highest BCUT2D eigenvalue weighted by molar-refractivity contribution is 7.99. The minimum atomic E-state index is -0.0524. The zero-order valence-electron chi connectivity index (χ0n) is 12.6. The summed E-state index contributed by atoms with van der Waals surface area (Å²) in [5.41, 5.74) is 3.66. The van der Waals surface area contributed by atoms with E-state index in [0.717, 1.165) is 35.7 Å². The Hall–Kier alpha value is -2.39. The standard InChI is InChI=1S/C17H16N4OS/c18-11-13-10-12-2-1-3-15(12)21-17(13)23-9-6-16(22)20-14-4-7-19-8-5-14/h4-5,7-8,10H,1-3,6,9H2,(H,19,20,22). The molecule has 1 aliphatic rings. The number of fused-ring (bicyclic) bond motifs is 1. The van der Waals surface area contributed by atoms with Crippen LogP contribution in [0.2, 0.25) is 0 Å². The molecule has 2 aromatic heterocycles. The van der Waals surface area contributed by atoms with E-state index >= 15 is 0 Å². The van der Waals surface area contributed by atoms with Crippen molar-refractivity contribution < 1.29 is 4.79 Å². The molecule has 6 heteroatoms. The number of nitriles is 1. The fourth-order valence-electron chi connectivity index (χ4n) is 2.54. The summed E-state index contributed by atoms with van der Waals surface area (Å²) in [6.45, 7) is 0. The van der Waals surface area contributed by atoms with Gasteiger partial charge in [0.25, 0.3) is 0 Å². The largest absolute Gasteiger partial charge is 0.326 e. The molecule has 1 amide bonds. The van der Waals surface area contributed by atoms with Crippen LogP contribution in [0.25, 0.3) is 0 Å². The molecule has 23 heavy (non-hydrogen) atoms. The minimum Gasteiger partial charge on any atom is -0.326 e. The fourth-order valence-corrected chi connectivity index (χ4v) is 3.46. The Morgan fingerprint density at radius 2 is 2.17 bits per heavy atom. The highest BCUT2D eigenvalue weighted by atomic mass is 32.2. The van der Waals surface area contributed by atoms with Crippen LogP contribution in [-0.4, -0.2) is 21.6 Å². The molecule has 2 aromatic rings. The first-order valence-corrected chi connectivity index (χ1v) is 8.50. The molecule has 0 spiro atoms. The molecule has 5 nitrogen and oxygen atoms in total. The van der Waals surface area contributed by atoms with Gasteiger partial charge in [0.05, 0.1) is 5.56 Å². The monoisotopic (exact) mass is 324 g/mol. The minimum absolute atomic E-state index is 0.0524. The molecule has 0 radical (unpaired) electrons. The van der Waals surface area contributed by atoms with Crippen LogP contribution in [0.15, 0.2) is 35.6 Å². The van der Waals surface area contributed by atoms with Crippen molar-refractivity contribution in [2.45, 2.75) is 30.7 Å². The van der Waals surface area contributed by atoms with Crippen LogP contribution in [0.1, 0.15) is 29.7 Å². The molecule has 0 bridgehead atoms. The van der Waals surface area contributed by atoms with Gasteiger partial charge in [-0.2, -0.15) is 5.26 Å². The lowest BCUT2D eigenvalue weighted by Gasteiger charge is -2.07. The van der Waals surface area contributed by atoms with Crippen LogP contribution in [-0.2, 0) is 17.6 Å². The molecule has 1 N–H and O–H groups in total. The number of thioether (sulfide) groups is 1. The Labute approximate surface area is 139 Å². The number of carbonyl (C=O) groups is 1. The van der Waals surface area contributed by atoms with E-state index in [0.29, 0.717) is 17.7 Å².